The highest BCUT2D eigenvalue weighted by molar-refractivity contribution is 8.15. The van der Waals surface area contributed by atoms with Crippen molar-refractivity contribution in [2.45, 2.75) is 18.1 Å². The highest BCUT2D eigenvalue weighted by Gasteiger charge is 2.35. The van der Waals surface area contributed by atoms with Crippen molar-refractivity contribution in [3.05, 3.63) is 54.6 Å². The Balaban J connectivity index is 1.52. The number of hydrogen-bond donors (Lipinski definition) is 1. The largest absolute Gasteiger partial charge is 0.319 e. The molecule has 0 amide bonds. The Labute approximate surface area is 150 Å². The lowest BCUT2D eigenvalue weighted by Crippen LogP contribution is -2.11. The minimum absolute atomic E-state index is 0.643. The predicted octanol–water partition coefficient (Wildman–Crippen LogP) is 4.59. The van der Waals surface area contributed by atoms with Gasteiger partial charge in [0.2, 0.25) is 0 Å². The number of nitrogens with zero attached hydrogens (tertiary/aromatic N) is 3. The van der Waals surface area contributed by atoms with E-state index >= 15 is 0 Å². The van der Waals surface area contributed by atoms with Gasteiger partial charge in [0.15, 0.2) is 11.0 Å². The van der Waals surface area contributed by atoms with Crippen molar-refractivity contribution in [3.8, 4) is 11.4 Å². The van der Waals surface area contributed by atoms with Crippen LogP contribution in [0.1, 0.15) is 12.8 Å². The molecule has 5 rings (SSSR count). The molecule has 0 spiro atoms. The van der Waals surface area contributed by atoms with Gasteiger partial charge in [-0.3, -0.25) is 4.99 Å². The molecule has 0 radical (unpaired) electrons. The van der Waals surface area contributed by atoms with Crippen LogP contribution in [0.25, 0.3) is 22.3 Å². The lowest BCUT2D eigenvalue weighted by molar-refractivity contribution is 0.773. The van der Waals surface area contributed by atoms with E-state index in [0.29, 0.717) is 5.25 Å². The molecule has 2 heterocycles. The van der Waals surface area contributed by atoms with Crippen LogP contribution in [0.15, 0.2) is 59.6 Å². The second-order valence-electron chi connectivity index (χ2n) is 6.54. The first-order valence-electron chi connectivity index (χ1n) is 8.67. The molecule has 3 aromatic rings. The maximum Gasteiger partial charge on any atom is 0.162 e. The van der Waals surface area contributed by atoms with Gasteiger partial charge in [-0.05, 0) is 30.9 Å². The second kappa shape index (κ2) is 6.15. The fraction of sp³-hybridized carbons (Fsp3) is 0.250. The predicted molar refractivity (Wildman–Crippen MR) is 105 cm³/mol. The molecule has 0 bridgehead atoms. The van der Waals surface area contributed by atoms with Crippen molar-refractivity contribution in [3.63, 3.8) is 0 Å². The molecule has 1 saturated carbocycles. The van der Waals surface area contributed by atoms with Gasteiger partial charge in [-0.25, -0.2) is 9.97 Å². The second-order valence-corrected chi connectivity index (χ2v) is 7.77. The molecule has 1 N–H and O–H groups in total. The molecule has 1 aliphatic heterocycles. The molecule has 1 atom stereocenters. The van der Waals surface area contributed by atoms with Gasteiger partial charge in [0.1, 0.15) is 5.82 Å². The van der Waals surface area contributed by atoms with E-state index in [9.17, 15) is 0 Å². The number of nitrogens with one attached hydrogen (secondary N) is 1. The van der Waals surface area contributed by atoms with Crippen LogP contribution in [-0.2, 0) is 0 Å². The maximum absolute atomic E-state index is 4.80. The molecule has 1 unspecified atom stereocenters. The topological polar surface area (TPSA) is 50.2 Å². The van der Waals surface area contributed by atoms with Crippen LogP contribution >= 0.6 is 11.8 Å². The summed E-state index contributed by atoms with van der Waals surface area (Å²) in [5.41, 5.74) is 1.97. The maximum atomic E-state index is 4.80. The summed E-state index contributed by atoms with van der Waals surface area (Å²) in [5, 5.41) is 6.13. The third-order valence-corrected chi connectivity index (χ3v) is 5.98. The molecule has 1 aliphatic carbocycles. The smallest absolute Gasteiger partial charge is 0.162 e. The van der Waals surface area contributed by atoms with E-state index in [-0.39, 0.29) is 0 Å². The Morgan fingerprint density at radius 2 is 1.72 bits per heavy atom. The molecular formula is C20H18N4S. The fourth-order valence-corrected chi connectivity index (χ4v) is 4.37. The van der Waals surface area contributed by atoms with Crippen molar-refractivity contribution in [1.82, 2.24) is 9.97 Å². The number of para-hydroxylation sites is 1. The van der Waals surface area contributed by atoms with Gasteiger partial charge < -0.3 is 5.32 Å². The molecule has 1 aromatic heterocycles. The van der Waals surface area contributed by atoms with Gasteiger partial charge in [0.25, 0.3) is 0 Å². The minimum Gasteiger partial charge on any atom is -0.319 e. The average Bonchev–Trinajstić information content (AvgIpc) is 3.42. The number of rotatable bonds is 3. The zero-order valence-corrected chi connectivity index (χ0v) is 14.5. The van der Waals surface area contributed by atoms with E-state index in [1.807, 2.05) is 60.3 Å². The van der Waals surface area contributed by atoms with Crippen LogP contribution in [0.3, 0.4) is 0 Å². The minimum atomic E-state index is 0.643. The van der Waals surface area contributed by atoms with Gasteiger partial charge in [-0.1, -0.05) is 54.2 Å². The van der Waals surface area contributed by atoms with Crippen LogP contribution in [0.5, 0.6) is 0 Å². The quantitative estimate of drug-likeness (QED) is 0.753. The Morgan fingerprint density at radius 3 is 2.56 bits per heavy atom. The van der Waals surface area contributed by atoms with E-state index in [2.05, 4.69) is 11.4 Å². The fourth-order valence-electron chi connectivity index (χ4n) is 3.16. The van der Waals surface area contributed by atoms with Crippen molar-refractivity contribution in [1.29, 1.82) is 0 Å². The summed E-state index contributed by atoms with van der Waals surface area (Å²) in [7, 11) is 0. The summed E-state index contributed by atoms with van der Waals surface area (Å²) >= 11 is 1.86. The Hall–Kier alpha value is -2.40. The number of aliphatic imine (C=N–C) groups is 1. The zero-order valence-electron chi connectivity index (χ0n) is 13.7. The number of aromatic nitrogens is 2. The Morgan fingerprint density at radius 1 is 0.920 bits per heavy atom. The normalized spacial score (nSPS) is 19.8. The number of hydrogen-bond acceptors (Lipinski definition) is 5. The van der Waals surface area contributed by atoms with Crippen molar-refractivity contribution >= 4 is 33.7 Å². The third kappa shape index (κ3) is 3.00. The van der Waals surface area contributed by atoms with Gasteiger partial charge in [0, 0.05) is 16.2 Å². The Bertz CT molecular complexity index is 950. The van der Waals surface area contributed by atoms with E-state index in [1.54, 1.807) is 0 Å². The summed E-state index contributed by atoms with van der Waals surface area (Å²) in [6, 6.07) is 18.2. The molecule has 2 aromatic carbocycles. The summed E-state index contributed by atoms with van der Waals surface area (Å²) in [5.74, 6) is 2.44. The van der Waals surface area contributed by atoms with Gasteiger partial charge >= 0.3 is 0 Å². The number of amidine groups is 1. The van der Waals surface area contributed by atoms with Crippen molar-refractivity contribution in [2.75, 3.05) is 11.9 Å². The van der Waals surface area contributed by atoms with Gasteiger partial charge in [-0.2, -0.15) is 0 Å². The van der Waals surface area contributed by atoms with Crippen LogP contribution in [0, 0.1) is 5.92 Å². The first-order valence-corrected chi connectivity index (χ1v) is 9.55. The molecular weight excluding hydrogens is 328 g/mol. The Kier molecular flexibility index (Phi) is 3.67. The number of anilines is 1. The van der Waals surface area contributed by atoms with Crippen molar-refractivity contribution < 1.29 is 0 Å². The van der Waals surface area contributed by atoms with E-state index in [0.717, 1.165) is 45.7 Å². The van der Waals surface area contributed by atoms with Crippen LogP contribution in [0.4, 0.5) is 5.82 Å². The summed E-state index contributed by atoms with van der Waals surface area (Å²) in [6.45, 7) is 0.923. The summed E-state index contributed by atoms with van der Waals surface area (Å²) in [4.78, 5) is 14.2. The molecule has 124 valence electrons. The van der Waals surface area contributed by atoms with Crippen molar-refractivity contribution in [2.24, 2.45) is 10.9 Å². The van der Waals surface area contributed by atoms with Crippen LogP contribution in [0.2, 0.25) is 0 Å². The average molecular weight is 346 g/mol. The standard InChI is InChI=1S/C20H18N4S/c1-2-6-14(7-3-1)18-22-16-9-5-4-8-15(16)19(23-18)24-20-21-12-17(25-20)13-10-11-13/h1-9,13,17H,10-12H2,(H,21,22,23,24). The molecule has 5 heteroatoms. The lowest BCUT2D eigenvalue weighted by atomic mass is 10.2. The van der Waals surface area contributed by atoms with Gasteiger partial charge in [0.05, 0.1) is 12.1 Å². The van der Waals surface area contributed by atoms with Gasteiger partial charge in [-0.15, -0.1) is 0 Å². The van der Waals surface area contributed by atoms with Crippen LogP contribution < -0.4 is 5.32 Å². The number of fused-ring (bicyclic) bond motifs is 1. The highest BCUT2D eigenvalue weighted by Crippen LogP contribution is 2.42. The molecule has 25 heavy (non-hydrogen) atoms. The van der Waals surface area contributed by atoms with E-state index < -0.39 is 0 Å². The molecule has 4 nitrogen and oxygen atoms in total. The summed E-state index contributed by atoms with van der Waals surface area (Å²) in [6.07, 6.45) is 2.71. The zero-order chi connectivity index (χ0) is 16.6. The van der Waals surface area contributed by atoms with E-state index in [4.69, 9.17) is 15.0 Å². The number of thioether (sulfide) groups is 1. The first kappa shape index (κ1) is 14.9. The van der Waals surface area contributed by atoms with Crippen LogP contribution in [-0.4, -0.2) is 26.9 Å². The molecule has 1 fully saturated rings. The highest BCUT2D eigenvalue weighted by atomic mass is 32.2. The van der Waals surface area contributed by atoms with E-state index in [1.165, 1.54) is 12.8 Å². The molecule has 2 aliphatic rings. The molecule has 0 saturated heterocycles. The first-order chi connectivity index (χ1) is 12.4. The monoisotopic (exact) mass is 346 g/mol. The summed E-state index contributed by atoms with van der Waals surface area (Å²) < 4.78 is 0. The number of benzene rings is 2. The SMILES string of the molecule is c1ccc(-c2nc(NC3=NCC(C4CC4)S3)c3ccccc3n2)cc1. The third-order valence-electron chi connectivity index (χ3n) is 4.69. The lowest BCUT2D eigenvalue weighted by Gasteiger charge is -2.11.